The summed E-state index contributed by atoms with van der Waals surface area (Å²) >= 11 is 0. The van der Waals surface area contributed by atoms with Crippen molar-refractivity contribution in [1.82, 2.24) is 5.48 Å². The number of nitrogens with one attached hydrogen (secondary N) is 1. The highest BCUT2D eigenvalue weighted by Crippen LogP contribution is 2.35. The van der Waals surface area contributed by atoms with Crippen LogP contribution in [-0.2, 0) is 25.8 Å². The van der Waals surface area contributed by atoms with Crippen molar-refractivity contribution in [3.05, 3.63) is 83.7 Å². The van der Waals surface area contributed by atoms with Crippen molar-refractivity contribution in [2.75, 3.05) is 19.8 Å². The quantitative estimate of drug-likeness (QED) is 0.239. The number of hydrogen-bond donors (Lipinski definition) is 2. The van der Waals surface area contributed by atoms with Crippen molar-refractivity contribution in [1.29, 1.82) is 0 Å². The molecule has 1 aliphatic heterocycles. The molecule has 4 rings (SSSR count). The molecule has 9 heteroatoms. The lowest BCUT2D eigenvalue weighted by molar-refractivity contribution is -0.134. The Labute approximate surface area is 216 Å². The van der Waals surface area contributed by atoms with E-state index >= 15 is 0 Å². The van der Waals surface area contributed by atoms with E-state index in [-0.39, 0.29) is 36.8 Å². The number of aryl methyl sites for hydroxylation is 2. The minimum atomic E-state index is -4.07. The van der Waals surface area contributed by atoms with Crippen LogP contribution in [0.2, 0.25) is 0 Å². The molecule has 1 fully saturated rings. The maximum absolute atomic E-state index is 13.6. The minimum Gasteiger partial charge on any atom is -0.494 e. The van der Waals surface area contributed by atoms with Crippen molar-refractivity contribution in [2.24, 2.45) is 0 Å². The highest BCUT2D eigenvalue weighted by molar-refractivity contribution is 7.93. The fourth-order valence-electron chi connectivity index (χ4n) is 4.56. The first-order valence-electron chi connectivity index (χ1n) is 12.1. The van der Waals surface area contributed by atoms with Gasteiger partial charge in [-0.25, -0.2) is 18.3 Å². The van der Waals surface area contributed by atoms with Gasteiger partial charge in [-0.1, -0.05) is 30.3 Å². The molecule has 1 amide bonds. The molecule has 0 unspecified atom stereocenters. The Kier molecular flexibility index (Phi) is 8.26. The lowest BCUT2D eigenvalue weighted by atomic mass is 9.98. The van der Waals surface area contributed by atoms with Gasteiger partial charge in [0.1, 0.15) is 11.6 Å². The van der Waals surface area contributed by atoms with E-state index in [1.54, 1.807) is 25.1 Å². The van der Waals surface area contributed by atoms with Gasteiger partial charge < -0.3 is 9.47 Å². The van der Waals surface area contributed by atoms with Crippen LogP contribution in [0.5, 0.6) is 5.75 Å². The number of carbonyl (C=O) groups is 1. The lowest BCUT2D eigenvalue weighted by Gasteiger charge is -2.34. The van der Waals surface area contributed by atoms with Gasteiger partial charge >= 0.3 is 0 Å². The number of rotatable bonds is 9. The third kappa shape index (κ3) is 5.69. The molecule has 0 bridgehead atoms. The van der Waals surface area contributed by atoms with Crippen LogP contribution in [0.1, 0.15) is 30.4 Å². The van der Waals surface area contributed by atoms with Crippen LogP contribution in [0.4, 0.5) is 4.39 Å². The molecule has 0 aromatic heterocycles. The van der Waals surface area contributed by atoms with E-state index in [1.165, 1.54) is 23.7 Å². The number of carbonyl (C=O) groups excluding carboxylic acids is 1. The molecule has 0 aliphatic carbocycles. The first kappa shape index (κ1) is 26.8. The summed E-state index contributed by atoms with van der Waals surface area (Å²) in [5, 5.41) is 9.16. The summed E-state index contributed by atoms with van der Waals surface area (Å²) in [4.78, 5) is 12.3. The summed E-state index contributed by atoms with van der Waals surface area (Å²) in [5.74, 6) is -0.654. The largest absolute Gasteiger partial charge is 0.494 e. The Hall–Kier alpha value is -3.27. The van der Waals surface area contributed by atoms with Crippen LogP contribution in [0.15, 0.2) is 71.6 Å². The Balaban J connectivity index is 1.36. The van der Waals surface area contributed by atoms with Gasteiger partial charge in [0, 0.05) is 13.2 Å². The molecule has 0 saturated carbocycles. The Morgan fingerprint density at radius 2 is 1.76 bits per heavy atom. The zero-order chi connectivity index (χ0) is 26.5. The molecule has 0 radical (unpaired) electrons. The number of amides is 1. The van der Waals surface area contributed by atoms with Crippen LogP contribution in [0.3, 0.4) is 0 Å². The van der Waals surface area contributed by atoms with Gasteiger partial charge in [-0.15, -0.1) is 0 Å². The Morgan fingerprint density at radius 3 is 2.43 bits per heavy atom. The zero-order valence-electron chi connectivity index (χ0n) is 20.6. The number of benzene rings is 3. The molecule has 1 heterocycles. The standard InChI is InChI=1S/C28H30FNO6S/c1-20-18-23(7-12-26(20)29)22-6-2-4-21(19-22)5-3-15-36-24-8-10-25(11-9-24)37(33,34)28(27(31)30-32)13-16-35-17-14-28/h2,4,6-12,18-19,32H,3,5,13-17H2,1H3,(H,30,31). The third-order valence-corrected chi connectivity index (χ3v) is 9.28. The number of hydrogen-bond acceptors (Lipinski definition) is 6. The van der Waals surface area contributed by atoms with Crippen molar-refractivity contribution in [2.45, 2.75) is 42.2 Å². The van der Waals surface area contributed by atoms with E-state index in [1.807, 2.05) is 24.3 Å². The van der Waals surface area contributed by atoms with Crippen molar-refractivity contribution >= 4 is 15.7 Å². The first-order chi connectivity index (χ1) is 17.8. The van der Waals surface area contributed by atoms with Crippen LogP contribution >= 0.6 is 0 Å². The molecule has 1 saturated heterocycles. The van der Waals surface area contributed by atoms with Gasteiger partial charge in [-0.2, -0.15) is 0 Å². The minimum absolute atomic E-state index is 0.0156. The number of halogens is 1. The first-order valence-corrected chi connectivity index (χ1v) is 13.6. The molecule has 0 atom stereocenters. The van der Waals surface area contributed by atoms with E-state index in [9.17, 15) is 17.6 Å². The second-order valence-electron chi connectivity index (χ2n) is 9.14. The second kappa shape index (κ2) is 11.4. The maximum atomic E-state index is 13.6. The predicted molar refractivity (Wildman–Crippen MR) is 137 cm³/mol. The fourth-order valence-corrected chi connectivity index (χ4v) is 6.50. The maximum Gasteiger partial charge on any atom is 0.265 e. The summed E-state index contributed by atoms with van der Waals surface area (Å²) in [6.07, 6.45) is 1.44. The van der Waals surface area contributed by atoms with Gasteiger partial charge in [0.2, 0.25) is 0 Å². The molecule has 3 aromatic carbocycles. The molecule has 2 N–H and O–H groups in total. The third-order valence-electron chi connectivity index (χ3n) is 6.76. The van der Waals surface area contributed by atoms with E-state index in [4.69, 9.17) is 14.7 Å². The number of ether oxygens (including phenoxy) is 2. The summed E-state index contributed by atoms with van der Waals surface area (Å²) < 4.78 is 49.5. The van der Waals surface area contributed by atoms with Gasteiger partial charge in [0.25, 0.3) is 5.91 Å². The topological polar surface area (TPSA) is 102 Å². The average Bonchev–Trinajstić information content (AvgIpc) is 2.93. The van der Waals surface area contributed by atoms with Gasteiger partial charge in [0.05, 0.1) is 11.5 Å². The summed E-state index contributed by atoms with van der Waals surface area (Å²) in [7, 11) is -4.07. The Bertz CT molecular complexity index is 1350. The van der Waals surface area contributed by atoms with Crippen molar-refractivity contribution in [3.8, 4) is 16.9 Å². The molecule has 0 spiro atoms. The van der Waals surface area contributed by atoms with Crippen molar-refractivity contribution in [3.63, 3.8) is 0 Å². The smallest absolute Gasteiger partial charge is 0.265 e. The van der Waals surface area contributed by atoms with Gasteiger partial charge in [-0.3, -0.25) is 10.0 Å². The molecular formula is C28H30FNO6S. The number of hydroxylamine groups is 1. The van der Waals surface area contributed by atoms with E-state index in [0.29, 0.717) is 17.9 Å². The molecule has 7 nitrogen and oxygen atoms in total. The average molecular weight is 528 g/mol. The van der Waals surface area contributed by atoms with Crippen molar-refractivity contribution < 1.29 is 32.3 Å². The number of sulfone groups is 1. The van der Waals surface area contributed by atoms with Gasteiger partial charge in [-0.05, 0) is 91.3 Å². The van der Waals surface area contributed by atoms with Crippen LogP contribution in [-0.4, -0.2) is 44.1 Å². The summed E-state index contributed by atoms with van der Waals surface area (Å²) in [6.45, 7) is 2.40. The predicted octanol–water partition coefficient (Wildman–Crippen LogP) is 4.64. The summed E-state index contributed by atoms with van der Waals surface area (Å²) in [6, 6.07) is 19.1. The van der Waals surface area contributed by atoms with Crippen LogP contribution < -0.4 is 10.2 Å². The molecule has 196 valence electrons. The molecular weight excluding hydrogens is 497 g/mol. The van der Waals surface area contributed by atoms with E-state index < -0.39 is 20.5 Å². The molecule has 3 aromatic rings. The van der Waals surface area contributed by atoms with E-state index in [2.05, 4.69) is 6.07 Å². The summed E-state index contributed by atoms with van der Waals surface area (Å²) in [5.41, 5.74) is 5.24. The molecule has 37 heavy (non-hydrogen) atoms. The highest BCUT2D eigenvalue weighted by atomic mass is 32.2. The fraction of sp³-hybridized carbons (Fsp3) is 0.321. The highest BCUT2D eigenvalue weighted by Gasteiger charge is 2.52. The Morgan fingerprint density at radius 1 is 1.05 bits per heavy atom. The lowest BCUT2D eigenvalue weighted by Crippen LogP contribution is -2.54. The SMILES string of the molecule is Cc1cc(-c2cccc(CCCOc3ccc(S(=O)(=O)C4(C(=O)NO)CCOCC4)cc3)c2)ccc1F. The van der Waals surface area contributed by atoms with E-state index in [0.717, 1.165) is 29.5 Å². The normalized spacial score (nSPS) is 15.2. The molecule has 1 aliphatic rings. The van der Waals surface area contributed by atoms with Crippen LogP contribution in [0, 0.1) is 12.7 Å². The van der Waals surface area contributed by atoms with Crippen LogP contribution in [0.25, 0.3) is 11.1 Å². The monoisotopic (exact) mass is 527 g/mol. The van der Waals surface area contributed by atoms with Gasteiger partial charge in [0.15, 0.2) is 14.6 Å². The zero-order valence-corrected chi connectivity index (χ0v) is 21.4. The second-order valence-corrected chi connectivity index (χ2v) is 11.4.